The largest absolute Gasteiger partial charge is 0.444 e. The predicted molar refractivity (Wildman–Crippen MR) is 181 cm³/mol. The van der Waals surface area contributed by atoms with Crippen LogP contribution in [0.4, 0.5) is 10.7 Å². The van der Waals surface area contributed by atoms with E-state index in [0.29, 0.717) is 34.2 Å². The fourth-order valence-corrected chi connectivity index (χ4v) is 7.75. The van der Waals surface area contributed by atoms with Crippen LogP contribution >= 0.6 is 11.6 Å². The Kier molecular flexibility index (Phi) is 8.06. The maximum absolute atomic E-state index is 14.3. The molecule has 3 atom stereocenters. The number of hydrogen-bond donors (Lipinski definition) is 1. The third-order valence-corrected chi connectivity index (χ3v) is 10.9. The second-order valence-electron chi connectivity index (χ2n) is 14.7. The molecule has 1 aromatic carbocycles. The molecule has 0 radical (unpaired) electrons. The minimum atomic E-state index is -1.29. The molecule has 0 saturated carbocycles. The van der Waals surface area contributed by atoms with Crippen LogP contribution in [0, 0.1) is 0 Å². The number of aryl methyl sites for hydroxylation is 1. The number of rotatable bonds is 8. The lowest BCUT2D eigenvalue weighted by atomic mass is 9.96. The summed E-state index contributed by atoms with van der Waals surface area (Å²) in [5, 5.41) is 9.43. The Morgan fingerprint density at radius 2 is 1.89 bits per heavy atom. The second kappa shape index (κ2) is 11.5. The van der Waals surface area contributed by atoms with Gasteiger partial charge in [0, 0.05) is 63.7 Å². The number of amides is 1. The highest BCUT2D eigenvalue weighted by atomic mass is 35.5. The maximum atomic E-state index is 14.3. The minimum absolute atomic E-state index is 0.0105. The molecular formula is C32H44ClN7O4Si. The molecule has 2 fully saturated rings. The van der Waals surface area contributed by atoms with Crippen molar-refractivity contribution >= 4 is 53.7 Å². The molecule has 2 saturated heterocycles. The van der Waals surface area contributed by atoms with Gasteiger partial charge in [-0.25, -0.2) is 4.79 Å². The Labute approximate surface area is 269 Å². The van der Waals surface area contributed by atoms with Crippen LogP contribution in [0.3, 0.4) is 0 Å². The third-order valence-electron chi connectivity index (χ3n) is 8.80. The van der Waals surface area contributed by atoms with Gasteiger partial charge in [-0.1, -0.05) is 37.3 Å². The van der Waals surface area contributed by atoms with Crippen molar-refractivity contribution in [3.63, 3.8) is 0 Å². The zero-order chi connectivity index (χ0) is 32.4. The van der Waals surface area contributed by atoms with Crippen molar-refractivity contribution in [3.05, 3.63) is 39.9 Å². The Morgan fingerprint density at radius 3 is 2.60 bits per heavy atom. The van der Waals surface area contributed by atoms with Crippen LogP contribution in [0.2, 0.25) is 30.7 Å². The number of hydrogen-bond acceptors (Lipinski definition) is 7. The van der Waals surface area contributed by atoms with Crippen LogP contribution in [-0.2, 0) is 30.3 Å². The molecule has 0 aliphatic carbocycles. The summed E-state index contributed by atoms with van der Waals surface area (Å²) in [6, 6.07) is 4.95. The number of carbonyl (C=O) groups is 1. The molecule has 2 aliphatic rings. The molecule has 6 rings (SSSR count). The summed E-state index contributed by atoms with van der Waals surface area (Å²) in [5.74, 6) is 0.593. The lowest BCUT2D eigenvalue weighted by molar-refractivity contribution is 0.0497. The molecule has 1 amide bonds. The van der Waals surface area contributed by atoms with Gasteiger partial charge in [-0.05, 0) is 52.1 Å². The van der Waals surface area contributed by atoms with E-state index < -0.39 is 19.8 Å². The quantitative estimate of drug-likeness (QED) is 0.187. The standard InChI is InChI=1S/C32H44ClN7O4Si/c1-32(2,3)44-31(42)34-24-15-19-9-12-25(24)40(19)30-35-28-26(29(41)38(30)5)21(17-39(28)18-43-13-14-45(6,7)8)20-10-11-23-22(27(20)33)16-37(4)36-23/h10-11,16-17,19,24-25H,9,12-15,18H2,1-8H3,(H,34,42)/t19-,24-,25+/m0/s1. The van der Waals surface area contributed by atoms with E-state index in [9.17, 15) is 9.59 Å². The van der Waals surface area contributed by atoms with Crippen molar-refractivity contribution in [2.45, 2.75) is 96.2 Å². The number of nitrogens with one attached hydrogen (secondary N) is 1. The molecule has 3 aromatic heterocycles. The summed E-state index contributed by atoms with van der Waals surface area (Å²) < 4.78 is 17.0. The molecule has 11 nitrogen and oxygen atoms in total. The first-order valence-corrected chi connectivity index (χ1v) is 19.8. The first-order valence-electron chi connectivity index (χ1n) is 15.7. The summed E-state index contributed by atoms with van der Waals surface area (Å²) >= 11 is 6.98. The van der Waals surface area contributed by atoms with Crippen LogP contribution in [0.5, 0.6) is 0 Å². The van der Waals surface area contributed by atoms with E-state index in [1.165, 1.54) is 0 Å². The highest BCUT2D eigenvalue weighted by molar-refractivity contribution is 6.76. The lowest BCUT2D eigenvalue weighted by Crippen LogP contribution is -2.46. The Morgan fingerprint density at radius 1 is 1.13 bits per heavy atom. The summed E-state index contributed by atoms with van der Waals surface area (Å²) in [4.78, 5) is 34.4. The van der Waals surface area contributed by atoms with E-state index in [1.807, 2.05) is 56.9 Å². The SMILES string of the molecule is Cn1cc2c(Cl)c(-c3cn(COCC[Si](C)(C)C)c4nc(N5[C@H]6CC[C@@H]5[C@@H](NC(=O)OC(C)(C)C)C6)n(C)c(=O)c34)ccc2n1. The Hall–Kier alpha value is -3.35. The molecule has 1 N–H and O–H groups in total. The van der Waals surface area contributed by atoms with Gasteiger partial charge < -0.3 is 24.3 Å². The number of fused-ring (bicyclic) bond motifs is 4. The van der Waals surface area contributed by atoms with Gasteiger partial charge in [-0.3, -0.25) is 14.0 Å². The van der Waals surface area contributed by atoms with Gasteiger partial charge in [-0.2, -0.15) is 10.1 Å². The van der Waals surface area contributed by atoms with E-state index >= 15 is 0 Å². The normalized spacial score (nSPS) is 20.1. The zero-order valence-corrected chi connectivity index (χ0v) is 29.2. The van der Waals surface area contributed by atoms with Crippen molar-refractivity contribution in [3.8, 4) is 11.1 Å². The van der Waals surface area contributed by atoms with Gasteiger partial charge in [-0.15, -0.1) is 0 Å². The fraction of sp³-hybridized carbons (Fsp3) is 0.562. The van der Waals surface area contributed by atoms with Gasteiger partial charge in [0.25, 0.3) is 5.56 Å². The smallest absolute Gasteiger partial charge is 0.407 e. The highest BCUT2D eigenvalue weighted by Gasteiger charge is 2.49. The number of anilines is 1. The summed E-state index contributed by atoms with van der Waals surface area (Å²) in [6.45, 7) is 13.4. The second-order valence-corrected chi connectivity index (χ2v) is 20.7. The van der Waals surface area contributed by atoms with Crippen LogP contribution in [0.1, 0.15) is 40.0 Å². The van der Waals surface area contributed by atoms with Crippen molar-refractivity contribution in [2.75, 3.05) is 11.5 Å². The van der Waals surface area contributed by atoms with Crippen LogP contribution in [0.15, 0.2) is 29.3 Å². The number of halogens is 1. The number of nitrogens with zero attached hydrogens (tertiary/aromatic N) is 6. The molecule has 5 heterocycles. The molecule has 242 valence electrons. The van der Waals surface area contributed by atoms with Crippen molar-refractivity contribution in [1.82, 2.24) is 29.2 Å². The predicted octanol–water partition coefficient (Wildman–Crippen LogP) is 5.89. The summed E-state index contributed by atoms with van der Waals surface area (Å²) in [6.07, 6.45) is 6.04. The van der Waals surface area contributed by atoms with E-state index in [1.54, 1.807) is 16.3 Å². The number of aromatic nitrogens is 5. The Balaban J connectivity index is 1.41. The third kappa shape index (κ3) is 6.11. The van der Waals surface area contributed by atoms with Crippen LogP contribution < -0.4 is 15.8 Å². The zero-order valence-electron chi connectivity index (χ0n) is 27.5. The van der Waals surface area contributed by atoms with E-state index in [-0.39, 0.29) is 30.4 Å². The molecule has 45 heavy (non-hydrogen) atoms. The van der Waals surface area contributed by atoms with E-state index in [4.69, 9.17) is 26.1 Å². The molecule has 0 unspecified atom stereocenters. The average Bonchev–Trinajstić information content (AvgIpc) is 3.68. The molecular weight excluding hydrogens is 610 g/mol. The first kappa shape index (κ1) is 31.6. The maximum Gasteiger partial charge on any atom is 0.407 e. The molecule has 13 heteroatoms. The molecule has 0 spiro atoms. The average molecular weight is 654 g/mol. The molecule has 4 aromatic rings. The number of ether oxygens (including phenoxy) is 2. The summed E-state index contributed by atoms with van der Waals surface area (Å²) in [5.41, 5.74) is 2.07. The van der Waals surface area contributed by atoms with E-state index in [0.717, 1.165) is 41.8 Å². The van der Waals surface area contributed by atoms with Crippen LogP contribution in [0.25, 0.3) is 33.1 Å². The van der Waals surface area contributed by atoms with Crippen molar-refractivity contribution < 1.29 is 14.3 Å². The van der Waals surface area contributed by atoms with Crippen molar-refractivity contribution in [2.24, 2.45) is 14.1 Å². The molecule has 2 aliphatic heterocycles. The van der Waals surface area contributed by atoms with Gasteiger partial charge in [0.2, 0.25) is 5.95 Å². The Bertz CT molecular complexity index is 1830. The van der Waals surface area contributed by atoms with Gasteiger partial charge in [0.15, 0.2) is 5.65 Å². The van der Waals surface area contributed by atoms with Gasteiger partial charge >= 0.3 is 6.09 Å². The number of benzene rings is 1. The van der Waals surface area contributed by atoms with Gasteiger partial charge in [0.05, 0.1) is 28.0 Å². The number of alkyl carbamates (subject to hydrolysis) is 1. The first-order chi connectivity index (χ1) is 21.1. The monoisotopic (exact) mass is 653 g/mol. The number of carbonyl (C=O) groups excluding carboxylic acids is 1. The minimum Gasteiger partial charge on any atom is -0.444 e. The topological polar surface area (TPSA) is 108 Å². The van der Waals surface area contributed by atoms with E-state index in [2.05, 4.69) is 35.0 Å². The van der Waals surface area contributed by atoms with Crippen LogP contribution in [-0.4, -0.2) is 68.4 Å². The van der Waals surface area contributed by atoms with Crippen molar-refractivity contribution in [1.29, 1.82) is 0 Å². The fourth-order valence-electron chi connectivity index (χ4n) is 6.68. The lowest BCUT2D eigenvalue weighted by Gasteiger charge is -2.28. The molecule has 2 bridgehead atoms. The highest BCUT2D eigenvalue weighted by Crippen LogP contribution is 2.42. The summed E-state index contributed by atoms with van der Waals surface area (Å²) in [7, 11) is 2.35. The van der Waals surface area contributed by atoms with Gasteiger partial charge in [0.1, 0.15) is 12.3 Å².